The van der Waals surface area contributed by atoms with Crippen molar-refractivity contribution in [2.24, 2.45) is 5.92 Å². The molecule has 1 saturated heterocycles. The predicted octanol–water partition coefficient (Wildman–Crippen LogP) is 2.54. The van der Waals surface area contributed by atoms with Crippen molar-refractivity contribution in [3.63, 3.8) is 0 Å². The van der Waals surface area contributed by atoms with Gasteiger partial charge < -0.3 is 14.6 Å². The molecule has 2 heterocycles. The van der Waals surface area contributed by atoms with Crippen molar-refractivity contribution < 1.29 is 14.1 Å². The van der Waals surface area contributed by atoms with Crippen LogP contribution < -0.4 is 10.2 Å². The van der Waals surface area contributed by atoms with Gasteiger partial charge in [0.2, 0.25) is 5.91 Å². The quantitative estimate of drug-likeness (QED) is 0.866. The maximum atomic E-state index is 12.8. The molecule has 1 aliphatic heterocycles. The first-order valence-electron chi connectivity index (χ1n) is 9.65. The predicted molar refractivity (Wildman–Crippen MR) is 103 cm³/mol. The Kier molecular flexibility index (Phi) is 5.82. The van der Waals surface area contributed by atoms with Gasteiger partial charge in [-0.2, -0.15) is 0 Å². The van der Waals surface area contributed by atoms with Gasteiger partial charge in [-0.15, -0.1) is 0 Å². The van der Waals surface area contributed by atoms with Gasteiger partial charge in [-0.1, -0.05) is 36.8 Å². The molecular formula is C22H31N2O2+. The summed E-state index contributed by atoms with van der Waals surface area (Å²) in [5.74, 6) is 1.40. The fraction of sp³-hybridized carbons (Fsp3) is 0.500. The number of quaternary nitrogens is 1. The average Bonchev–Trinajstić information content (AvgIpc) is 3.13. The first-order valence-corrected chi connectivity index (χ1v) is 9.65. The number of hydrogen-bond donors (Lipinski definition) is 2. The molecule has 1 aromatic carbocycles. The van der Waals surface area contributed by atoms with Gasteiger partial charge in [-0.3, -0.25) is 4.79 Å². The van der Waals surface area contributed by atoms with Crippen molar-refractivity contribution in [1.29, 1.82) is 0 Å². The number of carbonyl (C=O) groups is 1. The van der Waals surface area contributed by atoms with E-state index in [1.165, 1.54) is 5.56 Å². The van der Waals surface area contributed by atoms with E-state index in [4.69, 9.17) is 4.42 Å². The molecule has 0 saturated carbocycles. The Morgan fingerprint density at radius 2 is 2.00 bits per heavy atom. The van der Waals surface area contributed by atoms with Crippen LogP contribution in [0.4, 0.5) is 0 Å². The highest BCUT2D eigenvalue weighted by molar-refractivity contribution is 5.77. The summed E-state index contributed by atoms with van der Waals surface area (Å²) in [5.41, 5.74) is 2.34. The summed E-state index contributed by atoms with van der Waals surface area (Å²) in [7, 11) is 2.24. The SMILES string of the molecule is Cc1ccc([C@H](CC(=O)N[C@H]2C[C@H](C)[NH+](C)C[C@@H]2C)c2ccco2)cc1. The van der Waals surface area contributed by atoms with Gasteiger partial charge in [-0.25, -0.2) is 0 Å². The maximum absolute atomic E-state index is 12.8. The van der Waals surface area contributed by atoms with E-state index in [1.54, 1.807) is 11.2 Å². The van der Waals surface area contributed by atoms with E-state index < -0.39 is 0 Å². The maximum Gasteiger partial charge on any atom is 0.221 e. The minimum atomic E-state index is -0.0461. The number of piperidine rings is 1. The Morgan fingerprint density at radius 3 is 2.65 bits per heavy atom. The second kappa shape index (κ2) is 8.09. The van der Waals surface area contributed by atoms with Crippen LogP contribution in [-0.4, -0.2) is 31.6 Å². The first kappa shape index (κ1) is 18.7. The number of likely N-dealkylation sites (tertiary alicyclic amines) is 1. The second-order valence-corrected chi connectivity index (χ2v) is 8.02. The summed E-state index contributed by atoms with van der Waals surface area (Å²) in [4.78, 5) is 14.4. The Labute approximate surface area is 156 Å². The number of rotatable bonds is 5. The van der Waals surface area contributed by atoms with E-state index in [0.29, 0.717) is 18.4 Å². The molecule has 5 atom stereocenters. The molecule has 4 heteroatoms. The smallest absolute Gasteiger partial charge is 0.221 e. The highest BCUT2D eigenvalue weighted by Crippen LogP contribution is 2.29. The molecule has 1 unspecified atom stereocenters. The van der Waals surface area contributed by atoms with E-state index in [1.807, 2.05) is 12.1 Å². The third-order valence-corrected chi connectivity index (χ3v) is 5.88. The molecule has 1 aromatic heterocycles. The summed E-state index contributed by atoms with van der Waals surface area (Å²) in [5, 5.41) is 3.30. The Balaban J connectivity index is 1.71. The number of nitrogens with one attached hydrogen (secondary N) is 2. The van der Waals surface area contributed by atoms with Crippen LogP contribution in [-0.2, 0) is 4.79 Å². The zero-order chi connectivity index (χ0) is 18.7. The summed E-state index contributed by atoms with van der Waals surface area (Å²) in [6, 6.07) is 13.1. The van der Waals surface area contributed by atoms with E-state index in [0.717, 1.165) is 24.3 Å². The van der Waals surface area contributed by atoms with Crippen molar-refractivity contribution in [3.05, 3.63) is 59.5 Å². The van der Waals surface area contributed by atoms with Crippen molar-refractivity contribution >= 4 is 5.91 Å². The minimum Gasteiger partial charge on any atom is -0.469 e. The number of amides is 1. The average molecular weight is 356 g/mol. The molecule has 0 bridgehead atoms. The number of hydrogen-bond acceptors (Lipinski definition) is 2. The van der Waals surface area contributed by atoms with Gasteiger partial charge >= 0.3 is 0 Å². The molecule has 0 radical (unpaired) electrons. The zero-order valence-corrected chi connectivity index (χ0v) is 16.3. The largest absolute Gasteiger partial charge is 0.469 e. The minimum absolute atomic E-state index is 0.0461. The molecule has 140 valence electrons. The van der Waals surface area contributed by atoms with Crippen LogP contribution in [0.25, 0.3) is 0 Å². The lowest BCUT2D eigenvalue weighted by Crippen LogP contribution is -3.15. The number of aryl methyl sites for hydroxylation is 1. The van der Waals surface area contributed by atoms with Crippen LogP contribution in [0.1, 0.15) is 49.5 Å². The standard InChI is InChI=1S/C22H30N2O2/c1-15-7-9-18(10-8-15)19(21-6-5-11-26-21)13-22(25)23-20-12-17(3)24(4)14-16(20)2/h5-11,16-17,19-20H,12-14H2,1-4H3,(H,23,25)/p+1/t16-,17-,19-,20-/m0/s1. The van der Waals surface area contributed by atoms with Crippen molar-refractivity contribution in [2.75, 3.05) is 13.6 Å². The molecule has 1 amide bonds. The van der Waals surface area contributed by atoms with Gasteiger partial charge in [0.15, 0.2) is 0 Å². The molecular weight excluding hydrogens is 324 g/mol. The van der Waals surface area contributed by atoms with Gasteiger partial charge in [0.25, 0.3) is 0 Å². The fourth-order valence-corrected chi connectivity index (χ4v) is 3.99. The third-order valence-electron chi connectivity index (χ3n) is 5.88. The zero-order valence-electron chi connectivity index (χ0n) is 16.3. The molecule has 2 N–H and O–H groups in total. The van der Waals surface area contributed by atoms with Gasteiger partial charge in [0, 0.05) is 24.8 Å². The summed E-state index contributed by atoms with van der Waals surface area (Å²) in [6.07, 6.45) is 3.13. The lowest BCUT2D eigenvalue weighted by Gasteiger charge is -2.37. The third kappa shape index (κ3) is 4.36. The van der Waals surface area contributed by atoms with Crippen molar-refractivity contribution in [2.45, 2.75) is 51.6 Å². The lowest BCUT2D eigenvalue weighted by atomic mass is 9.88. The van der Waals surface area contributed by atoms with Gasteiger partial charge in [0.05, 0.1) is 31.8 Å². The molecule has 2 aromatic rings. The molecule has 3 rings (SSSR count). The summed E-state index contributed by atoms with van der Waals surface area (Å²) < 4.78 is 5.64. The highest BCUT2D eigenvalue weighted by Gasteiger charge is 2.33. The van der Waals surface area contributed by atoms with E-state index in [-0.39, 0.29) is 17.9 Å². The van der Waals surface area contributed by atoms with Crippen molar-refractivity contribution in [3.8, 4) is 0 Å². The highest BCUT2D eigenvalue weighted by atomic mass is 16.3. The van der Waals surface area contributed by atoms with E-state index in [9.17, 15) is 4.79 Å². The molecule has 4 nitrogen and oxygen atoms in total. The van der Waals surface area contributed by atoms with Crippen molar-refractivity contribution in [1.82, 2.24) is 5.32 Å². The molecule has 1 aliphatic rings. The Morgan fingerprint density at radius 1 is 1.27 bits per heavy atom. The molecule has 0 spiro atoms. The monoisotopic (exact) mass is 355 g/mol. The van der Waals surface area contributed by atoms with Gasteiger partial charge in [-0.05, 0) is 31.5 Å². The Bertz CT molecular complexity index is 708. The molecule has 1 fully saturated rings. The van der Waals surface area contributed by atoms with Crippen LogP contribution in [0.3, 0.4) is 0 Å². The van der Waals surface area contributed by atoms with Crippen LogP contribution in [0.2, 0.25) is 0 Å². The van der Waals surface area contributed by atoms with Crippen LogP contribution in [0.5, 0.6) is 0 Å². The van der Waals surface area contributed by atoms with E-state index >= 15 is 0 Å². The topological polar surface area (TPSA) is 46.7 Å². The summed E-state index contributed by atoms with van der Waals surface area (Å²) >= 11 is 0. The van der Waals surface area contributed by atoms with Crippen LogP contribution in [0, 0.1) is 12.8 Å². The number of furan rings is 1. The van der Waals surface area contributed by atoms with Crippen LogP contribution >= 0.6 is 0 Å². The normalized spacial score (nSPS) is 27.1. The number of carbonyl (C=O) groups excluding carboxylic acids is 1. The second-order valence-electron chi connectivity index (χ2n) is 8.02. The number of benzene rings is 1. The molecule has 26 heavy (non-hydrogen) atoms. The summed E-state index contributed by atoms with van der Waals surface area (Å²) in [6.45, 7) is 7.68. The van der Waals surface area contributed by atoms with Crippen LogP contribution in [0.15, 0.2) is 47.1 Å². The van der Waals surface area contributed by atoms with Gasteiger partial charge in [0.1, 0.15) is 5.76 Å². The lowest BCUT2D eigenvalue weighted by molar-refractivity contribution is -0.913. The first-order chi connectivity index (χ1) is 12.4. The Hall–Kier alpha value is -2.07. The molecule has 0 aliphatic carbocycles. The fourth-order valence-electron chi connectivity index (χ4n) is 3.99. The van der Waals surface area contributed by atoms with E-state index in [2.05, 4.69) is 57.4 Å².